The highest BCUT2D eigenvalue weighted by molar-refractivity contribution is 6.01. The summed E-state index contributed by atoms with van der Waals surface area (Å²) >= 11 is 0. The number of aryl methyl sites for hydroxylation is 1. The second-order valence-electron chi connectivity index (χ2n) is 9.59. The number of carbonyl (C=O) groups is 1. The number of nitrogens with zero attached hydrogens (tertiary/aromatic N) is 2. The number of methoxy groups -OCH3 is 1. The molecule has 5 nitrogen and oxygen atoms in total. The summed E-state index contributed by atoms with van der Waals surface area (Å²) in [5, 5.41) is 0. The summed E-state index contributed by atoms with van der Waals surface area (Å²) in [6, 6.07) is 9.05. The molecule has 1 saturated carbocycles. The van der Waals surface area contributed by atoms with Crippen molar-refractivity contribution in [1.29, 1.82) is 0 Å². The van der Waals surface area contributed by atoms with Gasteiger partial charge in [0.25, 0.3) is 0 Å². The van der Waals surface area contributed by atoms with E-state index in [0.29, 0.717) is 18.3 Å². The normalized spacial score (nSPS) is 22.7. The van der Waals surface area contributed by atoms with Gasteiger partial charge in [-0.25, -0.2) is 4.98 Å². The van der Waals surface area contributed by atoms with Crippen LogP contribution in [0.3, 0.4) is 0 Å². The van der Waals surface area contributed by atoms with Crippen LogP contribution >= 0.6 is 0 Å². The molecule has 0 radical (unpaired) electrons. The van der Waals surface area contributed by atoms with Crippen LogP contribution in [-0.4, -0.2) is 28.8 Å². The number of ether oxygens (including phenoxy) is 1. The molecule has 1 aromatic carbocycles. The molecule has 3 aliphatic rings. The van der Waals surface area contributed by atoms with Crippen molar-refractivity contribution in [3.63, 3.8) is 0 Å². The molecule has 1 aliphatic heterocycles. The summed E-state index contributed by atoms with van der Waals surface area (Å²) in [5.74, 6) is 1.97. The van der Waals surface area contributed by atoms with Crippen LogP contribution in [0.25, 0.3) is 11.6 Å². The number of H-pyrrole nitrogens is 1. The van der Waals surface area contributed by atoms with Gasteiger partial charge < -0.3 is 9.72 Å². The zero-order chi connectivity index (χ0) is 22.6. The standard InChI is InChI=1S/C28H33N3O2/c1-33-27(32)17-19-9-11-20(12-10-19)21-13-15-22(16-14-21)24-8-4-5-23(18-29-24)28-30-25-6-2-3-7-26(25)31-28/h2,6,13-16,18-20H,3-5,7-12,17H2,1H3,(H,30,31). The first-order valence-electron chi connectivity index (χ1n) is 12.4. The Hall–Kier alpha value is -2.95. The predicted molar refractivity (Wildman–Crippen MR) is 132 cm³/mol. The number of nitrogens with one attached hydrogen (secondary N) is 1. The minimum absolute atomic E-state index is 0.0762. The Bertz CT molecular complexity index is 1080. The largest absolute Gasteiger partial charge is 0.469 e. The number of esters is 1. The molecule has 0 bridgehead atoms. The van der Waals surface area contributed by atoms with E-state index in [9.17, 15) is 4.79 Å². The molecule has 33 heavy (non-hydrogen) atoms. The first kappa shape index (κ1) is 21.9. The summed E-state index contributed by atoms with van der Waals surface area (Å²) in [6.45, 7) is 0. The van der Waals surface area contributed by atoms with E-state index in [1.807, 2.05) is 6.20 Å². The average molecular weight is 444 g/mol. The number of allylic oxidation sites excluding steroid dienone is 2. The summed E-state index contributed by atoms with van der Waals surface area (Å²) in [6.07, 6.45) is 16.6. The van der Waals surface area contributed by atoms with Gasteiger partial charge in [-0.2, -0.15) is 0 Å². The van der Waals surface area contributed by atoms with E-state index in [2.05, 4.69) is 41.4 Å². The van der Waals surface area contributed by atoms with Gasteiger partial charge in [-0.3, -0.25) is 9.79 Å². The van der Waals surface area contributed by atoms with Crippen LogP contribution in [0.4, 0.5) is 0 Å². The molecule has 0 spiro atoms. The van der Waals surface area contributed by atoms with Gasteiger partial charge in [0.05, 0.1) is 12.8 Å². The second kappa shape index (κ2) is 9.90. The third-order valence-corrected chi connectivity index (χ3v) is 7.43. The first-order chi connectivity index (χ1) is 16.2. The molecule has 5 rings (SSSR count). The summed E-state index contributed by atoms with van der Waals surface area (Å²) in [4.78, 5) is 24.7. The monoisotopic (exact) mass is 443 g/mol. The third-order valence-electron chi connectivity index (χ3n) is 7.43. The second-order valence-corrected chi connectivity index (χ2v) is 9.59. The third kappa shape index (κ3) is 5.02. The molecular weight excluding hydrogens is 410 g/mol. The summed E-state index contributed by atoms with van der Waals surface area (Å²) in [7, 11) is 1.48. The number of aliphatic imine (C=N–C) groups is 1. The van der Waals surface area contributed by atoms with E-state index in [-0.39, 0.29) is 5.97 Å². The van der Waals surface area contributed by atoms with Crippen molar-refractivity contribution < 1.29 is 9.53 Å². The molecule has 0 atom stereocenters. The van der Waals surface area contributed by atoms with Gasteiger partial charge in [-0.1, -0.05) is 30.3 Å². The highest BCUT2D eigenvalue weighted by Crippen LogP contribution is 2.37. The topological polar surface area (TPSA) is 67.3 Å². The van der Waals surface area contributed by atoms with Crippen LogP contribution in [-0.2, 0) is 16.0 Å². The minimum Gasteiger partial charge on any atom is -0.469 e. The van der Waals surface area contributed by atoms with Crippen LogP contribution in [0.2, 0.25) is 0 Å². The van der Waals surface area contributed by atoms with Crippen molar-refractivity contribution in [2.24, 2.45) is 10.9 Å². The van der Waals surface area contributed by atoms with E-state index in [1.165, 1.54) is 29.5 Å². The molecule has 1 aromatic heterocycles. The number of hydrogen-bond donors (Lipinski definition) is 1. The van der Waals surface area contributed by atoms with Crippen LogP contribution in [0.1, 0.15) is 92.0 Å². The van der Waals surface area contributed by atoms with Crippen molar-refractivity contribution in [1.82, 2.24) is 9.97 Å². The minimum atomic E-state index is -0.0762. The molecule has 0 unspecified atom stereocenters. The summed E-state index contributed by atoms with van der Waals surface area (Å²) < 4.78 is 4.83. The quantitative estimate of drug-likeness (QED) is 0.558. The Morgan fingerprint density at radius 2 is 1.91 bits per heavy atom. The fourth-order valence-electron chi connectivity index (χ4n) is 5.42. The molecule has 0 saturated heterocycles. The van der Waals surface area contributed by atoms with Gasteiger partial charge >= 0.3 is 5.97 Å². The number of imidazole rings is 1. The number of carbonyl (C=O) groups excluding carboxylic acids is 1. The van der Waals surface area contributed by atoms with Crippen molar-refractivity contribution in [3.8, 4) is 0 Å². The molecule has 2 heterocycles. The Labute approximate surface area is 196 Å². The molecule has 2 aliphatic carbocycles. The lowest BCUT2D eigenvalue weighted by molar-refractivity contribution is -0.142. The fourth-order valence-corrected chi connectivity index (χ4v) is 5.42. The Kier molecular flexibility index (Phi) is 6.56. The number of hydrogen-bond acceptors (Lipinski definition) is 4. The van der Waals surface area contributed by atoms with E-state index < -0.39 is 0 Å². The van der Waals surface area contributed by atoms with Gasteiger partial charge in [-0.05, 0) is 86.8 Å². The molecule has 172 valence electrons. The van der Waals surface area contributed by atoms with Crippen molar-refractivity contribution in [2.75, 3.05) is 7.11 Å². The number of aromatic nitrogens is 2. The summed E-state index contributed by atoms with van der Waals surface area (Å²) in [5.41, 5.74) is 7.33. The number of aromatic amines is 1. The van der Waals surface area contributed by atoms with E-state index in [0.717, 1.165) is 75.0 Å². The SMILES string of the molecule is COC(=O)CC1CCC(c2ccc(C3=NC=C(c4nc5c([nH]4)CCC=C5)CCC3)cc2)CC1. The maximum Gasteiger partial charge on any atom is 0.305 e. The number of benzene rings is 1. The van der Waals surface area contributed by atoms with E-state index in [1.54, 1.807) is 0 Å². The maximum atomic E-state index is 11.5. The lowest BCUT2D eigenvalue weighted by Gasteiger charge is -2.28. The number of rotatable bonds is 5. The zero-order valence-corrected chi connectivity index (χ0v) is 19.5. The average Bonchev–Trinajstić information content (AvgIpc) is 3.14. The molecule has 5 heteroatoms. The Morgan fingerprint density at radius 1 is 1.09 bits per heavy atom. The van der Waals surface area contributed by atoms with Crippen LogP contribution in [0.15, 0.2) is 41.5 Å². The van der Waals surface area contributed by atoms with E-state index in [4.69, 9.17) is 14.7 Å². The first-order valence-corrected chi connectivity index (χ1v) is 12.4. The van der Waals surface area contributed by atoms with Crippen molar-refractivity contribution >= 4 is 23.3 Å². The molecular formula is C28H33N3O2. The van der Waals surface area contributed by atoms with Gasteiger partial charge in [0.1, 0.15) is 5.82 Å². The lowest BCUT2D eigenvalue weighted by Crippen LogP contribution is -2.17. The lowest BCUT2D eigenvalue weighted by atomic mass is 9.77. The zero-order valence-electron chi connectivity index (χ0n) is 19.5. The smallest absolute Gasteiger partial charge is 0.305 e. The Balaban J connectivity index is 1.24. The number of fused-ring (bicyclic) bond motifs is 1. The van der Waals surface area contributed by atoms with E-state index >= 15 is 0 Å². The molecule has 1 N–H and O–H groups in total. The van der Waals surface area contributed by atoms with Gasteiger partial charge in [0.15, 0.2) is 0 Å². The predicted octanol–water partition coefficient (Wildman–Crippen LogP) is 6.22. The maximum absolute atomic E-state index is 11.5. The molecule has 2 aromatic rings. The van der Waals surface area contributed by atoms with Crippen LogP contribution in [0, 0.1) is 5.92 Å². The van der Waals surface area contributed by atoms with Gasteiger partial charge in [0.2, 0.25) is 0 Å². The fraction of sp³-hybridized carbons (Fsp3) is 0.464. The van der Waals surface area contributed by atoms with Gasteiger partial charge in [0, 0.05) is 29.6 Å². The molecule has 1 fully saturated rings. The van der Waals surface area contributed by atoms with Crippen LogP contribution < -0.4 is 0 Å². The van der Waals surface area contributed by atoms with Crippen molar-refractivity contribution in [3.05, 3.63) is 64.9 Å². The molecule has 0 amide bonds. The highest BCUT2D eigenvalue weighted by atomic mass is 16.5. The Morgan fingerprint density at radius 3 is 2.67 bits per heavy atom. The van der Waals surface area contributed by atoms with Crippen LogP contribution in [0.5, 0.6) is 0 Å². The van der Waals surface area contributed by atoms with Crippen molar-refractivity contribution in [2.45, 2.75) is 70.1 Å². The van der Waals surface area contributed by atoms with Gasteiger partial charge in [-0.15, -0.1) is 0 Å². The highest BCUT2D eigenvalue weighted by Gasteiger charge is 2.24.